The van der Waals surface area contributed by atoms with Gasteiger partial charge in [0.25, 0.3) is 0 Å². The summed E-state index contributed by atoms with van der Waals surface area (Å²) in [6.07, 6.45) is 4.42. The van der Waals surface area contributed by atoms with E-state index in [0.717, 1.165) is 38.4 Å². The minimum Gasteiger partial charge on any atom is -0.368 e. The molecule has 2 aromatic carbocycles. The lowest BCUT2D eigenvalue weighted by Gasteiger charge is -2.33. The van der Waals surface area contributed by atoms with Crippen LogP contribution in [0.3, 0.4) is 0 Å². The van der Waals surface area contributed by atoms with Crippen LogP contribution in [0.2, 0.25) is 0 Å². The molecule has 0 atom stereocenters. The standard InChI is InChI=1S/C24H29N7/c1-19-7-5-11-21(17-19)26-24-28-22(27-23(25)29-24)18-31-15-13-30(14-16-31)12-6-10-20-8-3-2-4-9-20/h2-11,17H,12-16,18H2,1H3,(H3,25,26,27,28,29). The number of nitrogen functional groups attached to an aromatic ring is 1. The molecule has 31 heavy (non-hydrogen) atoms. The van der Waals surface area contributed by atoms with Gasteiger partial charge in [-0.2, -0.15) is 15.0 Å². The van der Waals surface area contributed by atoms with Crippen LogP contribution < -0.4 is 11.1 Å². The second kappa shape index (κ2) is 10.1. The lowest BCUT2D eigenvalue weighted by atomic mass is 10.2. The molecule has 160 valence electrons. The molecule has 0 amide bonds. The Morgan fingerprint density at radius 2 is 1.71 bits per heavy atom. The highest BCUT2D eigenvalue weighted by Crippen LogP contribution is 2.16. The molecule has 7 nitrogen and oxygen atoms in total. The van der Waals surface area contributed by atoms with Gasteiger partial charge in [0.05, 0.1) is 6.54 Å². The van der Waals surface area contributed by atoms with Gasteiger partial charge in [-0.05, 0) is 30.2 Å². The highest BCUT2D eigenvalue weighted by molar-refractivity contribution is 5.54. The maximum atomic E-state index is 5.94. The molecule has 3 aromatic rings. The maximum Gasteiger partial charge on any atom is 0.232 e. The van der Waals surface area contributed by atoms with Crippen LogP contribution in [0.1, 0.15) is 17.0 Å². The van der Waals surface area contributed by atoms with Gasteiger partial charge in [0.15, 0.2) is 0 Å². The van der Waals surface area contributed by atoms with Gasteiger partial charge in [0.1, 0.15) is 5.82 Å². The molecule has 1 aromatic heterocycles. The molecule has 2 heterocycles. The van der Waals surface area contributed by atoms with Crippen molar-refractivity contribution in [3.8, 4) is 0 Å². The molecule has 0 bridgehead atoms. The van der Waals surface area contributed by atoms with E-state index in [-0.39, 0.29) is 5.95 Å². The Kier molecular flexibility index (Phi) is 6.86. The van der Waals surface area contributed by atoms with Crippen molar-refractivity contribution in [1.29, 1.82) is 0 Å². The molecular formula is C24H29N7. The van der Waals surface area contributed by atoms with E-state index < -0.39 is 0 Å². The van der Waals surface area contributed by atoms with Gasteiger partial charge in [-0.3, -0.25) is 9.80 Å². The highest BCUT2D eigenvalue weighted by Gasteiger charge is 2.17. The van der Waals surface area contributed by atoms with E-state index in [2.05, 4.69) is 79.5 Å². The molecule has 3 N–H and O–H groups in total. The van der Waals surface area contributed by atoms with E-state index in [1.807, 2.05) is 24.3 Å². The van der Waals surface area contributed by atoms with E-state index in [9.17, 15) is 0 Å². The van der Waals surface area contributed by atoms with Crippen LogP contribution in [0, 0.1) is 6.92 Å². The van der Waals surface area contributed by atoms with Gasteiger partial charge < -0.3 is 11.1 Å². The Labute approximate surface area is 183 Å². The molecule has 7 heteroatoms. The number of benzene rings is 2. The summed E-state index contributed by atoms with van der Waals surface area (Å²) in [4.78, 5) is 18.0. The third-order valence-corrected chi connectivity index (χ3v) is 5.28. The summed E-state index contributed by atoms with van der Waals surface area (Å²) in [5.74, 6) is 1.42. The Morgan fingerprint density at radius 1 is 0.935 bits per heavy atom. The molecule has 0 radical (unpaired) electrons. The van der Waals surface area contributed by atoms with Crippen LogP contribution in [0.4, 0.5) is 17.6 Å². The largest absolute Gasteiger partial charge is 0.368 e. The molecule has 0 aliphatic carbocycles. The zero-order valence-corrected chi connectivity index (χ0v) is 17.9. The fraction of sp³-hybridized carbons (Fsp3) is 0.292. The first-order chi connectivity index (χ1) is 15.1. The third kappa shape index (κ3) is 6.34. The van der Waals surface area contributed by atoms with E-state index >= 15 is 0 Å². The summed E-state index contributed by atoms with van der Waals surface area (Å²) in [5, 5.41) is 3.23. The lowest BCUT2D eigenvalue weighted by molar-refractivity contribution is 0.134. The van der Waals surface area contributed by atoms with Gasteiger partial charge in [-0.1, -0.05) is 54.6 Å². The lowest BCUT2D eigenvalue weighted by Crippen LogP contribution is -2.46. The number of anilines is 3. The molecular weight excluding hydrogens is 386 g/mol. The second-order valence-corrected chi connectivity index (χ2v) is 7.82. The number of aryl methyl sites for hydroxylation is 1. The van der Waals surface area contributed by atoms with Crippen molar-refractivity contribution in [3.05, 3.63) is 77.6 Å². The molecule has 1 aliphatic heterocycles. The average molecular weight is 416 g/mol. The van der Waals surface area contributed by atoms with Crippen LogP contribution in [-0.4, -0.2) is 57.5 Å². The predicted octanol–water partition coefficient (Wildman–Crippen LogP) is 3.34. The van der Waals surface area contributed by atoms with Crippen molar-refractivity contribution < 1.29 is 0 Å². The molecule has 1 aliphatic rings. The minimum absolute atomic E-state index is 0.241. The minimum atomic E-state index is 0.241. The monoisotopic (exact) mass is 415 g/mol. The molecule has 0 saturated carbocycles. The van der Waals surface area contributed by atoms with Crippen molar-refractivity contribution in [1.82, 2.24) is 24.8 Å². The van der Waals surface area contributed by atoms with E-state index in [1.165, 1.54) is 11.1 Å². The molecule has 4 rings (SSSR count). The Balaban J connectivity index is 1.29. The predicted molar refractivity (Wildman–Crippen MR) is 126 cm³/mol. The number of piperazine rings is 1. The van der Waals surface area contributed by atoms with Crippen LogP contribution in [0.15, 0.2) is 60.7 Å². The number of nitrogens with one attached hydrogen (secondary N) is 1. The summed E-state index contributed by atoms with van der Waals surface area (Å²) in [6, 6.07) is 18.5. The van der Waals surface area contributed by atoms with Crippen molar-refractivity contribution in [2.45, 2.75) is 13.5 Å². The molecule has 1 fully saturated rings. The first-order valence-electron chi connectivity index (χ1n) is 10.6. The van der Waals surface area contributed by atoms with Crippen LogP contribution in [-0.2, 0) is 6.54 Å². The first-order valence-corrected chi connectivity index (χ1v) is 10.6. The van der Waals surface area contributed by atoms with Crippen molar-refractivity contribution >= 4 is 23.7 Å². The summed E-state index contributed by atoms with van der Waals surface area (Å²) < 4.78 is 0. The van der Waals surface area contributed by atoms with Crippen molar-refractivity contribution in [3.63, 3.8) is 0 Å². The zero-order valence-electron chi connectivity index (χ0n) is 17.9. The number of hydrogen-bond acceptors (Lipinski definition) is 7. The summed E-state index contributed by atoms with van der Waals surface area (Å²) in [7, 11) is 0. The van der Waals surface area contributed by atoms with Crippen molar-refractivity contribution in [2.75, 3.05) is 43.8 Å². The Morgan fingerprint density at radius 3 is 2.48 bits per heavy atom. The van der Waals surface area contributed by atoms with Gasteiger partial charge in [-0.25, -0.2) is 0 Å². The fourth-order valence-electron chi connectivity index (χ4n) is 3.65. The van der Waals surface area contributed by atoms with Gasteiger partial charge in [-0.15, -0.1) is 0 Å². The average Bonchev–Trinajstić information content (AvgIpc) is 2.75. The van der Waals surface area contributed by atoms with E-state index in [1.54, 1.807) is 0 Å². The Hall–Kier alpha value is -3.29. The summed E-state index contributed by atoms with van der Waals surface area (Å²) in [6.45, 7) is 7.68. The normalized spacial score (nSPS) is 15.4. The number of rotatable bonds is 7. The first kappa shape index (κ1) is 21.0. The highest BCUT2D eigenvalue weighted by atomic mass is 15.3. The summed E-state index contributed by atoms with van der Waals surface area (Å²) in [5.41, 5.74) is 9.28. The maximum absolute atomic E-state index is 5.94. The number of nitrogens with zero attached hydrogens (tertiary/aromatic N) is 5. The second-order valence-electron chi connectivity index (χ2n) is 7.82. The van der Waals surface area contributed by atoms with Gasteiger partial charge in [0, 0.05) is 38.4 Å². The quantitative estimate of drug-likeness (QED) is 0.612. The topological polar surface area (TPSA) is 83.2 Å². The molecule has 0 spiro atoms. The number of nitrogens with two attached hydrogens (primary N) is 1. The number of aromatic nitrogens is 3. The Bertz CT molecular complexity index is 1010. The fourth-order valence-corrected chi connectivity index (χ4v) is 3.65. The van der Waals surface area contributed by atoms with E-state index in [0.29, 0.717) is 18.3 Å². The summed E-state index contributed by atoms with van der Waals surface area (Å²) >= 11 is 0. The van der Waals surface area contributed by atoms with Gasteiger partial charge in [0.2, 0.25) is 11.9 Å². The smallest absolute Gasteiger partial charge is 0.232 e. The van der Waals surface area contributed by atoms with Crippen LogP contribution >= 0.6 is 0 Å². The zero-order chi connectivity index (χ0) is 21.5. The molecule has 1 saturated heterocycles. The van der Waals surface area contributed by atoms with E-state index in [4.69, 9.17) is 5.73 Å². The SMILES string of the molecule is Cc1cccc(Nc2nc(N)nc(CN3CCN(CC=Cc4ccccc4)CC3)n2)c1. The van der Waals surface area contributed by atoms with Crippen molar-refractivity contribution in [2.24, 2.45) is 0 Å². The van der Waals surface area contributed by atoms with Gasteiger partial charge >= 0.3 is 0 Å². The van der Waals surface area contributed by atoms with Crippen LogP contribution in [0.25, 0.3) is 6.08 Å². The third-order valence-electron chi connectivity index (χ3n) is 5.28. The molecule has 0 unspecified atom stereocenters. The number of hydrogen-bond donors (Lipinski definition) is 2. The van der Waals surface area contributed by atoms with Crippen LogP contribution in [0.5, 0.6) is 0 Å².